The Bertz CT molecular complexity index is 1040. The van der Waals surface area contributed by atoms with Crippen LogP contribution in [0.15, 0.2) is 39.6 Å². The molecule has 0 N–H and O–H groups in total. The van der Waals surface area contributed by atoms with Gasteiger partial charge in [0.2, 0.25) is 0 Å². The average molecular weight is 388 g/mol. The quantitative estimate of drug-likeness (QED) is 0.624. The number of Topliss-reactive ketones (excluding diaryl/α,β-unsaturated/α-hetero) is 1. The Kier molecular flexibility index (Phi) is 4.67. The molecule has 2 heterocycles. The maximum Gasteiger partial charge on any atom is 0.263 e. The molecule has 4 rings (SSSR count). The number of fused-ring (bicyclic) bond motifs is 1. The molecule has 1 saturated carbocycles. The van der Waals surface area contributed by atoms with Crippen molar-refractivity contribution in [3.05, 3.63) is 45.8 Å². The molecular formula is C19H17FN2O2S2. The second-order valence-electron chi connectivity index (χ2n) is 6.41. The lowest BCUT2D eigenvalue weighted by atomic mass is 9.99. The maximum atomic E-state index is 13.2. The lowest BCUT2D eigenvalue weighted by molar-refractivity contribution is -0.119. The molecule has 0 amide bonds. The largest absolute Gasteiger partial charge is 0.298 e. The van der Waals surface area contributed by atoms with Crippen LogP contribution in [0.2, 0.25) is 0 Å². The number of nitrogens with zero attached hydrogens (tertiary/aromatic N) is 2. The lowest BCUT2D eigenvalue weighted by Crippen LogP contribution is -2.25. The number of hydrogen-bond acceptors (Lipinski definition) is 5. The molecule has 1 aliphatic rings. The third-order valence-electron chi connectivity index (χ3n) is 4.68. The van der Waals surface area contributed by atoms with E-state index in [1.165, 1.54) is 39.8 Å². The number of halogens is 1. The fourth-order valence-corrected chi connectivity index (χ4v) is 5.37. The molecule has 26 heavy (non-hydrogen) atoms. The standard InChI is InChI=1S/C19H17FN2O2S2/c1-22-18(24)16-13(11-6-8-12(20)9-7-11)10-25-17(16)21-19(22)26-15-5-3-2-4-14(15)23/h6-10,15H,2-5H2,1H3/t15-/m0/s1. The minimum absolute atomic E-state index is 0.115. The van der Waals surface area contributed by atoms with E-state index in [2.05, 4.69) is 4.98 Å². The normalized spacial score (nSPS) is 17.8. The predicted molar refractivity (Wildman–Crippen MR) is 103 cm³/mol. The van der Waals surface area contributed by atoms with Crippen molar-refractivity contribution in [1.82, 2.24) is 9.55 Å². The molecule has 3 aromatic rings. The average Bonchev–Trinajstić information content (AvgIpc) is 3.06. The van der Waals surface area contributed by atoms with Crippen LogP contribution >= 0.6 is 23.1 Å². The van der Waals surface area contributed by atoms with Crippen LogP contribution < -0.4 is 5.56 Å². The molecule has 2 aromatic heterocycles. The summed E-state index contributed by atoms with van der Waals surface area (Å²) < 4.78 is 14.7. The van der Waals surface area contributed by atoms with Gasteiger partial charge >= 0.3 is 0 Å². The van der Waals surface area contributed by atoms with Gasteiger partial charge < -0.3 is 0 Å². The molecule has 1 aromatic carbocycles. The highest BCUT2D eigenvalue weighted by Crippen LogP contribution is 2.34. The monoisotopic (exact) mass is 388 g/mol. The second kappa shape index (κ2) is 6.96. The zero-order valence-electron chi connectivity index (χ0n) is 14.2. The first kappa shape index (κ1) is 17.4. The van der Waals surface area contributed by atoms with Crippen molar-refractivity contribution >= 4 is 39.1 Å². The molecule has 0 bridgehead atoms. The van der Waals surface area contributed by atoms with Gasteiger partial charge in [-0.1, -0.05) is 30.3 Å². The van der Waals surface area contributed by atoms with Crippen molar-refractivity contribution in [2.75, 3.05) is 0 Å². The van der Waals surface area contributed by atoms with Crippen molar-refractivity contribution < 1.29 is 9.18 Å². The minimum atomic E-state index is -0.310. The molecule has 4 nitrogen and oxygen atoms in total. The number of carbonyl (C=O) groups is 1. The van der Waals surface area contributed by atoms with Crippen LogP contribution in [0.1, 0.15) is 25.7 Å². The fourth-order valence-electron chi connectivity index (χ4n) is 3.20. The molecule has 0 unspecified atom stereocenters. The molecule has 1 fully saturated rings. The van der Waals surface area contributed by atoms with Gasteiger partial charge in [-0.3, -0.25) is 14.2 Å². The fraction of sp³-hybridized carbons (Fsp3) is 0.316. The number of hydrogen-bond donors (Lipinski definition) is 0. The van der Waals surface area contributed by atoms with Crippen molar-refractivity contribution in [3.63, 3.8) is 0 Å². The molecule has 0 radical (unpaired) electrons. The van der Waals surface area contributed by atoms with Gasteiger partial charge in [0.15, 0.2) is 5.16 Å². The Morgan fingerprint density at radius 3 is 2.73 bits per heavy atom. The Labute approximate surface area is 158 Å². The number of thioether (sulfide) groups is 1. The van der Waals surface area contributed by atoms with E-state index in [0.717, 1.165) is 30.4 Å². The Balaban J connectivity index is 1.77. The number of carbonyl (C=O) groups excluding carboxylic acids is 1. The Morgan fingerprint density at radius 2 is 2.00 bits per heavy atom. The Morgan fingerprint density at radius 1 is 1.23 bits per heavy atom. The van der Waals surface area contributed by atoms with E-state index in [0.29, 0.717) is 21.8 Å². The highest BCUT2D eigenvalue weighted by molar-refractivity contribution is 8.00. The summed E-state index contributed by atoms with van der Waals surface area (Å²) in [5, 5.41) is 2.89. The number of benzene rings is 1. The molecule has 134 valence electrons. The summed E-state index contributed by atoms with van der Waals surface area (Å²) in [7, 11) is 1.69. The van der Waals surface area contributed by atoms with Gasteiger partial charge in [0.05, 0.1) is 10.6 Å². The molecule has 0 saturated heterocycles. The van der Waals surface area contributed by atoms with Crippen LogP contribution in [0.4, 0.5) is 4.39 Å². The first-order valence-corrected chi connectivity index (χ1v) is 10.2. The van der Waals surface area contributed by atoms with Gasteiger partial charge in [-0.2, -0.15) is 0 Å². The van der Waals surface area contributed by atoms with Crippen molar-refractivity contribution in [2.24, 2.45) is 7.05 Å². The van der Waals surface area contributed by atoms with E-state index in [-0.39, 0.29) is 22.4 Å². The zero-order valence-corrected chi connectivity index (χ0v) is 15.8. The van der Waals surface area contributed by atoms with E-state index in [9.17, 15) is 14.0 Å². The minimum Gasteiger partial charge on any atom is -0.298 e. The van der Waals surface area contributed by atoms with Crippen molar-refractivity contribution in [3.8, 4) is 11.1 Å². The molecule has 1 aliphatic carbocycles. The summed E-state index contributed by atoms with van der Waals surface area (Å²) in [6, 6.07) is 6.10. The van der Waals surface area contributed by atoms with Crippen LogP contribution in [0, 0.1) is 5.82 Å². The van der Waals surface area contributed by atoms with E-state index in [1.54, 1.807) is 19.2 Å². The van der Waals surface area contributed by atoms with Crippen LogP contribution in [-0.2, 0) is 11.8 Å². The maximum absolute atomic E-state index is 13.2. The topological polar surface area (TPSA) is 52.0 Å². The van der Waals surface area contributed by atoms with Gasteiger partial charge in [0, 0.05) is 24.4 Å². The summed E-state index contributed by atoms with van der Waals surface area (Å²) >= 11 is 2.79. The van der Waals surface area contributed by atoms with E-state index in [1.807, 2.05) is 5.38 Å². The highest BCUT2D eigenvalue weighted by atomic mass is 32.2. The second-order valence-corrected chi connectivity index (χ2v) is 8.44. The molecule has 0 spiro atoms. The van der Waals surface area contributed by atoms with Crippen LogP contribution in [0.25, 0.3) is 21.3 Å². The summed E-state index contributed by atoms with van der Waals surface area (Å²) in [5.74, 6) is -0.0658. The first-order chi connectivity index (χ1) is 12.5. The van der Waals surface area contributed by atoms with Gasteiger partial charge in [-0.05, 0) is 30.5 Å². The molecular weight excluding hydrogens is 371 g/mol. The van der Waals surface area contributed by atoms with Gasteiger partial charge in [0.25, 0.3) is 5.56 Å². The van der Waals surface area contributed by atoms with Gasteiger partial charge in [-0.25, -0.2) is 9.37 Å². The number of rotatable bonds is 3. The number of aromatic nitrogens is 2. The molecule has 0 aliphatic heterocycles. The molecule has 7 heteroatoms. The summed E-state index contributed by atoms with van der Waals surface area (Å²) in [6.07, 6.45) is 3.44. The smallest absolute Gasteiger partial charge is 0.263 e. The summed E-state index contributed by atoms with van der Waals surface area (Å²) in [6.45, 7) is 0. The van der Waals surface area contributed by atoms with Gasteiger partial charge in [0.1, 0.15) is 16.4 Å². The van der Waals surface area contributed by atoms with Crippen LogP contribution in [0.3, 0.4) is 0 Å². The lowest BCUT2D eigenvalue weighted by Gasteiger charge is -2.20. The summed E-state index contributed by atoms with van der Waals surface area (Å²) in [5.41, 5.74) is 1.42. The third kappa shape index (κ3) is 3.10. The van der Waals surface area contributed by atoms with E-state index in [4.69, 9.17) is 0 Å². The Hall–Kier alpha value is -1.99. The predicted octanol–water partition coefficient (Wildman–Crippen LogP) is 4.40. The highest BCUT2D eigenvalue weighted by Gasteiger charge is 2.25. The first-order valence-electron chi connectivity index (χ1n) is 8.48. The van der Waals surface area contributed by atoms with E-state index < -0.39 is 0 Å². The van der Waals surface area contributed by atoms with Crippen molar-refractivity contribution in [1.29, 1.82) is 0 Å². The van der Waals surface area contributed by atoms with Gasteiger partial charge in [-0.15, -0.1) is 11.3 Å². The number of thiophene rings is 1. The molecule has 1 atom stereocenters. The van der Waals surface area contributed by atoms with Crippen LogP contribution in [0.5, 0.6) is 0 Å². The zero-order chi connectivity index (χ0) is 18.3. The van der Waals surface area contributed by atoms with Crippen molar-refractivity contribution in [2.45, 2.75) is 36.1 Å². The van der Waals surface area contributed by atoms with Crippen LogP contribution in [-0.4, -0.2) is 20.6 Å². The summed E-state index contributed by atoms with van der Waals surface area (Å²) in [4.78, 5) is 30.4. The third-order valence-corrected chi connectivity index (χ3v) is 6.91. The SMILES string of the molecule is Cn1c(S[C@H]2CCCCC2=O)nc2scc(-c3ccc(F)cc3)c2c1=O. The van der Waals surface area contributed by atoms with E-state index >= 15 is 0 Å². The number of ketones is 1.